The summed E-state index contributed by atoms with van der Waals surface area (Å²) in [5.41, 5.74) is 9.49. The van der Waals surface area contributed by atoms with Crippen molar-refractivity contribution in [1.29, 1.82) is 0 Å². The van der Waals surface area contributed by atoms with Crippen molar-refractivity contribution in [1.82, 2.24) is 24.0 Å². The molecule has 3 N–H and O–H groups in total. The number of nitrogens with two attached hydrogens (primary N) is 1. The van der Waals surface area contributed by atoms with Gasteiger partial charge in [0.1, 0.15) is 16.9 Å². The van der Waals surface area contributed by atoms with E-state index in [9.17, 15) is 9.90 Å². The first kappa shape index (κ1) is 23.9. The molecule has 2 fully saturated rings. The zero-order chi connectivity index (χ0) is 25.9. The third-order valence-corrected chi connectivity index (χ3v) is 7.93. The lowest BCUT2D eigenvalue weighted by molar-refractivity contribution is -0.0613. The van der Waals surface area contributed by atoms with E-state index in [2.05, 4.69) is 21.7 Å². The highest BCUT2D eigenvalue weighted by molar-refractivity contribution is 6.00. The number of carbonyl (C=O) groups excluding carboxylic acids is 1. The topological polar surface area (TPSA) is 111 Å². The average molecular weight is 503 g/mol. The van der Waals surface area contributed by atoms with Crippen LogP contribution in [-0.4, -0.2) is 66.9 Å². The van der Waals surface area contributed by atoms with Gasteiger partial charge in [-0.25, -0.2) is 9.97 Å². The zero-order valence-corrected chi connectivity index (χ0v) is 21.6. The molecule has 1 aromatic carbocycles. The van der Waals surface area contributed by atoms with Gasteiger partial charge >= 0.3 is 0 Å². The number of methoxy groups -OCH3 is 1. The molecule has 1 atom stereocenters. The highest BCUT2D eigenvalue weighted by Crippen LogP contribution is 2.40. The maximum Gasteiger partial charge on any atom is 0.254 e. The number of amides is 1. The van der Waals surface area contributed by atoms with Crippen molar-refractivity contribution in [3.05, 3.63) is 42.1 Å². The smallest absolute Gasteiger partial charge is 0.254 e. The third-order valence-electron chi connectivity index (χ3n) is 7.93. The molecule has 1 saturated heterocycles. The number of benzene rings is 1. The fourth-order valence-electron chi connectivity index (χ4n) is 6.22. The van der Waals surface area contributed by atoms with Crippen LogP contribution < -0.4 is 10.5 Å². The van der Waals surface area contributed by atoms with E-state index in [1.807, 2.05) is 47.8 Å². The van der Waals surface area contributed by atoms with Crippen LogP contribution in [0.25, 0.3) is 33.6 Å². The standard InChI is InChI=1S/C28H34N6O3/c1-28(36)13-17(14-28)15-34-22(11-18-6-4-8-30-25(18)34)26-31-21-10-19(12-23(37-3)24(21)32(26)2)27(35)33-9-5-7-20(29)16-33/h4,6,8,10-12,17,20,36H,5,7,9,13-16,29H2,1-3H3. The van der Waals surface area contributed by atoms with E-state index >= 15 is 0 Å². The minimum Gasteiger partial charge on any atom is -0.494 e. The Balaban J connectivity index is 1.44. The van der Waals surface area contributed by atoms with Crippen molar-refractivity contribution >= 4 is 28.0 Å². The monoisotopic (exact) mass is 502 g/mol. The van der Waals surface area contributed by atoms with Crippen LogP contribution in [0.3, 0.4) is 0 Å². The third kappa shape index (κ3) is 4.16. The minimum absolute atomic E-state index is 0.0136. The summed E-state index contributed by atoms with van der Waals surface area (Å²) in [5, 5.41) is 11.3. The normalized spacial score (nSPS) is 24.0. The van der Waals surface area contributed by atoms with Crippen LogP contribution in [0.5, 0.6) is 5.75 Å². The highest BCUT2D eigenvalue weighted by atomic mass is 16.5. The summed E-state index contributed by atoms with van der Waals surface area (Å²) in [6.07, 6.45) is 5.19. The van der Waals surface area contributed by atoms with E-state index in [4.69, 9.17) is 15.5 Å². The van der Waals surface area contributed by atoms with Crippen LogP contribution >= 0.6 is 0 Å². The van der Waals surface area contributed by atoms with Crippen molar-refractivity contribution in [3.63, 3.8) is 0 Å². The van der Waals surface area contributed by atoms with Gasteiger partial charge in [-0.3, -0.25) is 4.79 Å². The van der Waals surface area contributed by atoms with Gasteiger partial charge in [-0.1, -0.05) is 0 Å². The number of likely N-dealkylation sites (tertiary alicyclic amines) is 1. The summed E-state index contributed by atoms with van der Waals surface area (Å²) in [6, 6.07) is 9.80. The fraction of sp³-hybridized carbons (Fsp3) is 0.464. The van der Waals surface area contributed by atoms with E-state index < -0.39 is 5.60 Å². The molecular weight excluding hydrogens is 468 g/mol. The van der Waals surface area contributed by atoms with E-state index in [1.54, 1.807) is 7.11 Å². The van der Waals surface area contributed by atoms with Gasteiger partial charge in [0.25, 0.3) is 5.91 Å². The van der Waals surface area contributed by atoms with Crippen LogP contribution in [0.15, 0.2) is 36.5 Å². The van der Waals surface area contributed by atoms with E-state index in [0.717, 1.165) is 60.3 Å². The molecule has 3 aromatic heterocycles. The van der Waals surface area contributed by atoms with Gasteiger partial charge in [0.05, 0.1) is 23.9 Å². The van der Waals surface area contributed by atoms with Crippen LogP contribution in [0, 0.1) is 5.92 Å². The average Bonchev–Trinajstić information content (AvgIpc) is 3.39. The lowest BCUT2D eigenvalue weighted by Gasteiger charge is -2.41. The largest absolute Gasteiger partial charge is 0.494 e. The number of aryl methyl sites for hydroxylation is 1. The molecule has 0 bridgehead atoms. The molecule has 0 radical (unpaired) electrons. The lowest BCUT2D eigenvalue weighted by atomic mass is 9.72. The van der Waals surface area contributed by atoms with Gasteiger partial charge in [0.2, 0.25) is 0 Å². The Labute approximate surface area is 215 Å². The predicted octanol–water partition coefficient (Wildman–Crippen LogP) is 3.32. The number of fused-ring (bicyclic) bond motifs is 2. The van der Waals surface area contributed by atoms with E-state index in [-0.39, 0.29) is 11.9 Å². The predicted molar refractivity (Wildman–Crippen MR) is 142 cm³/mol. The second-order valence-corrected chi connectivity index (χ2v) is 11.0. The number of hydrogen-bond acceptors (Lipinski definition) is 6. The van der Waals surface area contributed by atoms with Gasteiger partial charge in [0, 0.05) is 49.9 Å². The Morgan fingerprint density at radius 3 is 2.84 bits per heavy atom. The molecule has 1 amide bonds. The van der Waals surface area contributed by atoms with Crippen molar-refractivity contribution in [2.45, 2.75) is 50.8 Å². The van der Waals surface area contributed by atoms with Crippen molar-refractivity contribution < 1.29 is 14.6 Å². The molecule has 4 aromatic rings. The molecule has 2 aliphatic rings. The molecule has 9 heteroatoms. The number of hydrogen-bond donors (Lipinski definition) is 2. The minimum atomic E-state index is -0.590. The van der Waals surface area contributed by atoms with Crippen molar-refractivity contribution in [2.24, 2.45) is 18.7 Å². The Hall–Kier alpha value is -3.43. The van der Waals surface area contributed by atoms with Crippen LogP contribution in [0.2, 0.25) is 0 Å². The number of ether oxygens (including phenoxy) is 1. The number of piperidine rings is 1. The SMILES string of the molecule is COc1cc(C(=O)N2CCCC(N)C2)cc2nc(-c3cc4cccnc4n3CC3CC(C)(O)C3)n(C)c12. The lowest BCUT2D eigenvalue weighted by Crippen LogP contribution is -2.45. The Morgan fingerprint density at radius 2 is 2.11 bits per heavy atom. The quantitative estimate of drug-likeness (QED) is 0.433. The Kier molecular flexibility index (Phi) is 5.72. The first-order valence-corrected chi connectivity index (χ1v) is 13.0. The Bertz CT molecular complexity index is 1490. The van der Waals surface area contributed by atoms with Gasteiger partial charge in [0.15, 0.2) is 5.82 Å². The molecule has 194 valence electrons. The first-order chi connectivity index (χ1) is 17.7. The second-order valence-electron chi connectivity index (χ2n) is 11.0. The number of aliphatic hydroxyl groups is 1. The summed E-state index contributed by atoms with van der Waals surface area (Å²) >= 11 is 0. The van der Waals surface area contributed by atoms with Gasteiger partial charge in [-0.05, 0) is 68.9 Å². The van der Waals surface area contributed by atoms with Crippen molar-refractivity contribution in [3.8, 4) is 17.3 Å². The highest BCUT2D eigenvalue weighted by Gasteiger charge is 2.39. The molecule has 1 aliphatic carbocycles. The summed E-state index contributed by atoms with van der Waals surface area (Å²) in [4.78, 5) is 24.9. The van der Waals surface area contributed by atoms with Crippen LogP contribution in [0.4, 0.5) is 0 Å². The van der Waals surface area contributed by atoms with Crippen LogP contribution in [-0.2, 0) is 13.6 Å². The van der Waals surface area contributed by atoms with Gasteiger partial charge < -0.3 is 29.6 Å². The van der Waals surface area contributed by atoms with Gasteiger partial charge in [-0.2, -0.15) is 0 Å². The summed E-state index contributed by atoms with van der Waals surface area (Å²) in [6.45, 7) is 3.92. The molecule has 1 unspecified atom stereocenters. The molecule has 4 heterocycles. The molecule has 0 spiro atoms. The second kappa shape index (κ2) is 8.85. The maximum atomic E-state index is 13.4. The molecule has 1 saturated carbocycles. The summed E-state index contributed by atoms with van der Waals surface area (Å²) < 4.78 is 10.00. The maximum absolute atomic E-state index is 13.4. The van der Waals surface area contributed by atoms with Gasteiger partial charge in [-0.15, -0.1) is 0 Å². The molecular formula is C28H34N6O3. The molecule has 9 nitrogen and oxygen atoms in total. The number of rotatable bonds is 5. The number of imidazole rings is 1. The Morgan fingerprint density at radius 1 is 1.30 bits per heavy atom. The number of nitrogens with zero attached hydrogens (tertiary/aromatic N) is 5. The summed E-state index contributed by atoms with van der Waals surface area (Å²) in [7, 11) is 3.60. The zero-order valence-electron chi connectivity index (χ0n) is 21.6. The summed E-state index contributed by atoms with van der Waals surface area (Å²) in [5.74, 6) is 1.72. The first-order valence-electron chi connectivity index (χ1n) is 13.0. The molecule has 37 heavy (non-hydrogen) atoms. The van der Waals surface area contributed by atoms with E-state index in [0.29, 0.717) is 35.8 Å². The van der Waals surface area contributed by atoms with E-state index in [1.165, 1.54) is 0 Å². The number of pyridine rings is 1. The van der Waals surface area contributed by atoms with Crippen molar-refractivity contribution in [2.75, 3.05) is 20.2 Å². The van der Waals surface area contributed by atoms with Crippen LogP contribution in [0.1, 0.15) is 43.0 Å². The molecule has 6 rings (SSSR count). The number of aromatic nitrogens is 4. The number of carbonyl (C=O) groups is 1. The fourth-order valence-corrected chi connectivity index (χ4v) is 6.22. The molecule has 1 aliphatic heterocycles.